The molecule has 11 rings (SSSR count). The van der Waals surface area contributed by atoms with Crippen LogP contribution in [0.15, 0.2) is 179 Å². The molecule has 2 atom stereocenters. The van der Waals surface area contributed by atoms with Crippen molar-refractivity contribution < 1.29 is 4.42 Å². The van der Waals surface area contributed by atoms with Crippen molar-refractivity contribution in [2.24, 2.45) is 4.99 Å². The molecule has 0 saturated carbocycles. The molecule has 0 fully saturated rings. The molecule has 0 amide bonds. The average molecular weight is 768 g/mol. The quantitative estimate of drug-likeness (QED) is 0.114. The molecule has 5 heteroatoms. The molecular formula is C53H41N3OS. The van der Waals surface area contributed by atoms with Crippen molar-refractivity contribution in [3.05, 3.63) is 197 Å². The average Bonchev–Trinajstić information content (AvgIpc) is 3.82. The first-order valence-electron chi connectivity index (χ1n) is 20.3. The molecule has 0 radical (unpaired) electrons. The normalized spacial score (nSPS) is 16.2. The highest BCUT2D eigenvalue weighted by Gasteiger charge is 2.35. The molecule has 2 unspecified atom stereocenters. The summed E-state index contributed by atoms with van der Waals surface area (Å²) in [5.74, 6) is 0.259. The molecule has 2 aromatic heterocycles. The lowest BCUT2D eigenvalue weighted by atomic mass is 9.89. The fourth-order valence-electron chi connectivity index (χ4n) is 9.09. The number of benzene rings is 7. The van der Waals surface area contributed by atoms with Crippen molar-refractivity contribution in [3.8, 4) is 16.8 Å². The number of aliphatic imine (C=N–C) groups is 1. The summed E-state index contributed by atoms with van der Waals surface area (Å²) in [5.41, 5.74) is 13.8. The van der Waals surface area contributed by atoms with E-state index in [1.165, 1.54) is 55.1 Å². The van der Waals surface area contributed by atoms with E-state index in [-0.39, 0.29) is 11.2 Å². The SMILES string of the molecule is CCCC(=NCc1ccc2c(c1)oc1cccc(-c3ccccc3)c12)c1cccc(N2SC3C=c4c(c5ccccc5n4-c4ccccc4)=CC3c3ccccc32)c1. The van der Waals surface area contributed by atoms with Crippen molar-refractivity contribution >= 4 is 74.0 Å². The van der Waals surface area contributed by atoms with E-state index in [2.05, 4.69) is 198 Å². The van der Waals surface area contributed by atoms with Crippen molar-refractivity contribution in [1.29, 1.82) is 0 Å². The molecule has 7 aromatic carbocycles. The summed E-state index contributed by atoms with van der Waals surface area (Å²) in [6, 6.07) is 61.0. The van der Waals surface area contributed by atoms with Gasteiger partial charge in [0.15, 0.2) is 0 Å². The molecule has 0 saturated heterocycles. The lowest BCUT2D eigenvalue weighted by Crippen LogP contribution is -2.38. The van der Waals surface area contributed by atoms with Gasteiger partial charge in [0.2, 0.25) is 0 Å². The van der Waals surface area contributed by atoms with Crippen LogP contribution in [0.5, 0.6) is 0 Å². The number of nitrogens with zero attached hydrogens (tertiary/aromatic N) is 3. The fourth-order valence-corrected chi connectivity index (χ4v) is 10.4. The van der Waals surface area contributed by atoms with Crippen molar-refractivity contribution in [2.75, 3.05) is 4.31 Å². The van der Waals surface area contributed by atoms with Gasteiger partial charge in [-0.1, -0.05) is 141 Å². The first kappa shape index (κ1) is 34.7. The van der Waals surface area contributed by atoms with Gasteiger partial charge in [0.1, 0.15) is 11.2 Å². The predicted molar refractivity (Wildman–Crippen MR) is 245 cm³/mol. The Morgan fingerprint density at radius 2 is 1.45 bits per heavy atom. The van der Waals surface area contributed by atoms with Crippen LogP contribution in [0.3, 0.4) is 0 Å². The standard InChI is InChI=1S/C53H41N3OS/c1-2-15-46(54-34-35-28-29-43-51(30-35)57-50-27-14-24-40(53(43)50)36-16-5-3-6-17-36)37-18-13-21-39(31-37)56-48-26-12-10-23-42(48)45-32-44-41-22-9-11-25-47(41)55(38-19-7-4-8-20-38)49(44)33-52(45)58-56/h3-14,16-33,45,52H,2,15,34H2,1H3. The minimum absolute atomic E-state index is 0.221. The van der Waals surface area contributed by atoms with Crippen LogP contribution in [-0.2, 0) is 6.54 Å². The summed E-state index contributed by atoms with van der Waals surface area (Å²) in [5, 5.41) is 6.40. The number of anilines is 2. The summed E-state index contributed by atoms with van der Waals surface area (Å²) in [6.45, 7) is 2.82. The predicted octanol–water partition coefficient (Wildman–Crippen LogP) is 12.5. The van der Waals surface area contributed by atoms with Crippen LogP contribution in [-0.4, -0.2) is 15.5 Å². The number of hydrogen-bond acceptors (Lipinski definition) is 4. The molecule has 1 aliphatic carbocycles. The van der Waals surface area contributed by atoms with E-state index >= 15 is 0 Å². The maximum Gasteiger partial charge on any atom is 0.136 e. The summed E-state index contributed by atoms with van der Waals surface area (Å²) in [4.78, 5) is 5.30. The van der Waals surface area contributed by atoms with Gasteiger partial charge in [-0.15, -0.1) is 0 Å². The molecule has 280 valence electrons. The second kappa shape index (κ2) is 14.4. The minimum Gasteiger partial charge on any atom is -0.456 e. The second-order valence-corrected chi connectivity index (χ2v) is 16.4. The maximum absolute atomic E-state index is 6.44. The Morgan fingerprint density at radius 1 is 0.672 bits per heavy atom. The third-order valence-electron chi connectivity index (χ3n) is 11.7. The first-order chi connectivity index (χ1) is 28.7. The van der Waals surface area contributed by atoms with Crippen LogP contribution in [0, 0.1) is 0 Å². The smallest absolute Gasteiger partial charge is 0.136 e. The molecule has 0 bridgehead atoms. The van der Waals surface area contributed by atoms with E-state index in [1.54, 1.807) is 0 Å². The first-order valence-corrected chi connectivity index (χ1v) is 21.1. The number of hydrogen-bond donors (Lipinski definition) is 0. The van der Waals surface area contributed by atoms with Crippen LogP contribution in [0.25, 0.3) is 61.8 Å². The lowest BCUT2D eigenvalue weighted by Gasteiger charge is -2.39. The van der Waals surface area contributed by atoms with E-state index in [4.69, 9.17) is 9.41 Å². The number of rotatable bonds is 8. The van der Waals surface area contributed by atoms with Crippen LogP contribution in [0.2, 0.25) is 0 Å². The fraction of sp³-hybridized carbons (Fsp3) is 0.113. The van der Waals surface area contributed by atoms with Gasteiger partial charge in [-0.05, 0) is 101 Å². The van der Waals surface area contributed by atoms with E-state index in [1.807, 2.05) is 11.9 Å². The van der Waals surface area contributed by atoms with Crippen molar-refractivity contribution in [3.63, 3.8) is 0 Å². The second-order valence-electron chi connectivity index (χ2n) is 15.3. The number of furan rings is 1. The maximum atomic E-state index is 6.44. The summed E-state index contributed by atoms with van der Waals surface area (Å²) < 4.78 is 11.3. The zero-order valence-corrected chi connectivity index (χ0v) is 33.1. The highest BCUT2D eigenvalue weighted by Crippen LogP contribution is 2.50. The molecule has 9 aromatic rings. The van der Waals surface area contributed by atoms with Gasteiger partial charge >= 0.3 is 0 Å². The van der Waals surface area contributed by atoms with Gasteiger partial charge in [0.05, 0.1) is 34.0 Å². The van der Waals surface area contributed by atoms with Gasteiger partial charge < -0.3 is 8.98 Å². The van der Waals surface area contributed by atoms with Gasteiger partial charge in [-0.2, -0.15) is 0 Å². The van der Waals surface area contributed by atoms with Crippen LogP contribution < -0.4 is 14.9 Å². The highest BCUT2D eigenvalue weighted by atomic mass is 32.2. The largest absolute Gasteiger partial charge is 0.456 e. The third kappa shape index (κ3) is 5.88. The van der Waals surface area contributed by atoms with E-state index in [0.29, 0.717) is 6.54 Å². The molecule has 1 aliphatic heterocycles. The Bertz CT molecular complexity index is 3160. The molecule has 3 heterocycles. The summed E-state index contributed by atoms with van der Waals surface area (Å²) in [7, 11) is 0. The van der Waals surface area contributed by atoms with Gasteiger partial charge in [0.25, 0.3) is 0 Å². The molecular weight excluding hydrogens is 727 g/mol. The Morgan fingerprint density at radius 3 is 2.33 bits per heavy atom. The molecule has 2 aliphatic rings. The Kier molecular flexibility index (Phi) is 8.62. The van der Waals surface area contributed by atoms with Crippen molar-refractivity contribution in [1.82, 2.24) is 4.57 Å². The zero-order chi connectivity index (χ0) is 38.6. The lowest BCUT2D eigenvalue weighted by molar-refractivity contribution is 0.668. The Balaban J connectivity index is 0.939. The molecule has 0 spiro atoms. The number of aromatic nitrogens is 1. The highest BCUT2D eigenvalue weighted by molar-refractivity contribution is 8.02. The van der Waals surface area contributed by atoms with Crippen LogP contribution >= 0.6 is 11.9 Å². The van der Waals surface area contributed by atoms with Gasteiger partial charge in [-0.3, -0.25) is 9.30 Å². The minimum atomic E-state index is 0.221. The topological polar surface area (TPSA) is 33.7 Å². The van der Waals surface area contributed by atoms with Crippen LogP contribution in [0.4, 0.5) is 11.4 Å². The number of fused-ring (bicyclic) bond motifs is 9. The summed E-state index contributed by atoms with van der Waals surface area (Å²) >= 11 is 1.92. The van der Waals surface area contributed by atoms with Gasteiger partial charge in [-0.25, -0.2) is 0 Å². The molecule has 4 nitrogen and oxygen atoms in total. The van der Waals surface area contributed by atoms with Gasteiger partial charge in [0, 0.05) is 38.7 Å². The molecule has 58 heavy (non-hydrogen) atoms. The monoisotopic (exact) mass is 767 g/mol. The van der Waals surface area contributed by atoms with Crippen molar-refractivity contribution in [2.45, 2.75) is 37.5 Å². The molecule has 0 N–H and O–H groups in total. The Hall–Kier alpha value is -6.56. The Labute approximate surface area is 342 Å². The summed E-state index contributed by atoms with van der Waals surface area (Å²) in [6.07, 6.45) is 6.95. The van der Waals surface area contributed by atoms with E-state index in [9.17, 15) is 0 Å². The van der Waals surface area contributed by atoms with Crippen LogP contribution in [0.1, 0.15) is 42.4 Å². The van der Waals surface area contributed by atoms with E-state index in [0.717, 1.165) is 51.7 Å². The van der Waals surface area contributed by atoms with E-state index < -0.39 is 0 Å². The zero-order valence-electron chi connectivity index (χ0n) is 32.3. The number of para-hydroxylation sites is 3. The third-order valence-corrected chi connectivity index (χ3v) is 13.0.